The number of benzene rings is 1. The van der Waals surface area contributed by atoms with Crippen LogP contribution in [0.25, 0.3) is 11.4 Å². The molecule has 1 unspecified atom stereocenters. The Kier molecular flexibility index (Phi) is 7.19. The van der Waals surface area contributed by atoms with E-state index in [1.165, 1.54) is 0 Å². The second kappa shape index (κ2) is 8.64. The average Bonchev–Trinajstić information content (AvgIpc) is 2.95. The molecule has 0 aliphatic heterocycles. The number of carbonyl (C=O) groups excluding carboxylic acids is 1. The molecule has 6 nitrogen and oxygen atoms in total. The first-order valence-corrected chi connectivity index (χ1v) is 7.54. The Morgan fingerprint density at radius 3 is 2.61 bits per heavy atom. The summed E-state index contributed by atoms with van der Waals surface area (Å²) < 4.78 is 0. The lowest BCUT2D eigenvalue weighted by Gasteiger charge is -2.09. The lowest BCUT2D eigenvalue weighted by Crippen LogP contribution is -2.19. The van der Waals surface area contributed by atoms with Crippen LogP contribution in [0.1, 0.15) is 45.4 Å². The van der Waals surface area contributed by atoms with Gasteiger partial charge in [0.2, 0.25) is 5.91 Å². The fourth-order valence-electron chi connectivity index (χ4n) is 2.01. The summed E-state index contributed by atoms with van der Waals surface area (Å²) in [5.74, 6) is 1.64. The number of para-hydroxylation sites is 1. The van der Waals surface area contributed by atoms with Crippen LogP contribution in [0.2, 0.25) is 0 Å². The van der Waals surface area contributed by atoms with Crippen LogP contribution in [0.15, 0.2) is 24.3 Å². The smallest absolute Gasteiger partial charge is 0.224 e. The van der Waals surface area contributed by atoms with Crippen LogP contribution in [0.4, 0.5) is 5.69 Å². The van der Waals surface area contributed by atoms with Gasteiger partial charge in [-0.3, -0.25) is 9.89 Å². The van der Waals surface area contributed by atoms with E-state index in [1.807, 2.05) is 45.0 Å². The van der Waals surface area contributed by atoms with Gasteiger partial charge in [-0.25, -0.2) is 4.98 Å². The van der Waals surface area contributed by atoms with Gasteiger partial charge in [-0.15, -0.1) is 12.4 Å². The van der Waals surface area contributed by atoms with Gasteiger partial charge in [0.25, 0.3) is 0 Å². The van der Waals surface area contributed by atoms with Crippen molar-refractivity contribution in [3.8, 4) is 11.4 Å². The third-order valence-electron chi connectivity index (χ3n) is 3.32. The molecular formula is C16H24ClN5O. The molecule has 0 spiro atoms. The normalized spacial score (nSPS) is 11.9. The van der Waals surface area contributed by atoms with E-state index in [1.54, 1.807) is 0 Å². The zero-order valence-electron chi connectivity index (χ0n) is 13.7. The largest absolute Gasteiger partial charge is 0.328 e. The van der Waals surface area contributed by atoms with Crippen molar-refractivity contribution in [3.63, 3.8) is 0 Å². The molecule has 0 saturated carbocycles. The number of hydrogen-bond acceptors (Lipinski definition) is 4. The molecule has 0 bridgehead atoms. The summed E-state index contributed by atoms with van der Waals surface area (Å²) in [6.45, 7) is 5.99. The highest BCUT2D eigenvalue weighted by molar-refractivity contribution is 5.94. The van der Waals surface area contributed by atoms with E-state index < -0.39 is 0 Å². The summed E-state index contributed by atoms with van der Waals surface area (Å²) in [5, 5.41) is 10.1. The fourth-order valence-corrected chi connectivity index (χ4v) is 2.01. The summed E-state index contributed by atoms with van der Waals surface area (Å²) in [5.41, 5.74) is 7.20. The Morgan fingerprint density at radius 1 is 1.30 bits per heavy atom. The lowest BCUT2D eigenvalue weighted by molar-refractivity contribution is -0.116. The van der Waals surface area contributed by atoms with Gasteiger partial charge in [-0.2, -0.15) is 5.10 Å². The predicted molar refractivity (Wildman–Crippen MR) is 94.7 cm³/mol. The molecular weight excluding hydrogens is 314 g/mol. The summed E-state index contributed by atoms with van der Waals surface area (Å²) in [7, 11) is 0. The van der Waals surface area contributed by atoms with Gasteiger partial charge >= 0.3 is 0 Å². The standard InChI is InChI=1S/C16H23N5O.ClH/c1-10(2)15-19-16(21-20-15)12-6-4-5-7-13(12)18-14(22)9-8-11(3)17;/h4-7,10-11H,8-9,17H2,1-3H3,(H,18,22)(H,19,20,21);1H. The molecule has 2 rings (SSSR count). The number of nitrogens with two attached hydrogens (primary N) is 1. The number of carbonyl (C=O) groups is 1. The van der Waals surface area contributed by atoms with Crippen LogP contribution in [-0.4, -0.2) is 27.1 Å². The second-order valence-corrected chi connectivity index (χ2v) is 5.81. The highest BCUT2D eigenvalue weighted by atomic mass is 35.5. The van der Waals surface area contributed by atoms with Gasteiger partial charge in [0.1, 0.15) is 5.82 Å². The first-order valence-electron chi connectivity index (χ1n) is 7.54. The number of H-pyrrole nitrogens is 1. The average molecular weight is 338 g/mol. The molecule has 1 heterocycles. The first kappa shape index (κ1) is 19.1. The SMILES string of the molecule is CC(N)CCC(=O)Nc1ccccc1-c1n[nH]c(C(C)C)n1.Cl. The van der Waals surface area contributed by atoms with Crippen molar-refractivity contribution in [1.29, 1.82) is 0 Å². The van der Waals surface area contributed by atoms with E-state index in [-0.39, 0.29) is 30.3 Å². The minimum absolute atomic E-state index is 0. The molecule has 2 aromatic rings. The Morgan fingerprint density at radius 2 is 2.00 bits per heavy atom. The fraction of sp³-hybridized carbons (Fsp3) is 0.438. The molecule has 0 radical (unpaired) electrons. The van der Waals surface area contributed by atoms with Gasteiger partial charge in [-0.1, -0.05) is 26.0 Å². The van der Waals surface area contributed by atoms with E-state index in [0.29, 0.717) is 24.4 Å². The Balaban J connectivity index is 0.00000264. The molecule has 4 N–H and O–H groups in total. The third kappa shape index (κ3) is 5.33. The van der Waals surface area contributed by atoms with Crippen molar-refractivity contribution in [2.24, 2.45) is 5.73 Å². The molecule has 0 saturated heterocycles. The first-order chi connectivity index (χ1) is 10.5. The van der Waals surface area contributed by atoms with Crippen LogP contribution in [0.3, 0.4) is 0 Å². The van der Waals surface area contributed by atoms with E-state index >= 15 is 0 Å². The number of nitrogens with zero attached hydrogens (tertiary/aromatic N) is 2. The van der Waals surface area contributed by atoms with E-state index in [4.69, 9.17) is 5.73 Å². The number of anilines is 1. The highest BCUT2D eigenvalue weighted by Crippen LogP contribution is 2.26. The summed E-state index contributed by atoms with van der Waals surface area (Å²) in [6, 6.07) is 7.54. The number of halogens is 1. The van der Waals surface area contributed by atoms with Gasteiger partial charge in [0, 0.05) is 23.9 Å². The molecule has 0 aliphatic rings. The monoisotopic (exact) mass is 337 g/mol. The predicted octanol–water partition coefficient (Wildman–Crippen LogP) is 3.08. The van der Waals surface area contributed by atoms with Crippen molar-refractivity contribution >= 4 is 24.0 Å². The molecule has 0 aliphatic carbocycles. The van der Waals surface area contributed by atoms with Crippen molar-refractivity contribution in [3.05, 3.63) is 30.1 Å². The quantitative estimate of drug-likeness (QED) is 0.754. The molecule has 1 aromatic heterocycles. The van der Waals surface area contributed by atoms with E-state index in [2.05, 4.69) is 20.5 Å². The maximum atomic E-state index is 12.0. The summed E-state index contributed by atoms with van der Waals surface area (Å²) in [6.07, 6.45) is 1.06. The summed E-state index contributed by atoms with van der Waals surface area (Å²) >= 11 is 0. The lowest BCUT2D eigenvalue weighted by atomic mass is 10.1. The molecule has 23 heavy (non-hydrogen) atoms. The van der Waals surface area contributed by atoms with Gasteiger partial charge in [-0.05, 0) is 25.5 Å². The molecule has 7 heteroatoms. The van der Waals surface area contributed by atoms with Crippen molar-refractivity contribution in [1.82, 2.24) is 15.2 Å². The van der Waals surface area contributed by atoms with E-state index in [9.17, 15) is 4.79 Å². The van der Waals surface area contributed by atoms with Crippen LogP contribution >= 0.6 is 12.4 Å². The number of amides is 1. The zero-order chi connectivity index (χ0) is 16.1. The van der Waals surface area contributed by atoms with Gasteiger partial charge in [0.15, 0.2) is 5.82 Å². The van der Waals surface area contributed by atoms with Crippen molar-refractivity contribution in [2.75, 3.05) is 5.32 Å². The van der Waals surface area contributed by atoms with E-state index in [0.717, 1.165) is 11.4 Å². The molecule has 126 valence electrons. The van der Waals surface area contributed by atoms with Gasteiger partial charge < -0.3 is 11.1 Å². The molecule has 1 atom stereocenters. The number of aromatic amines is 1. The van der Waals surface area contributed by atoms with Crippen LogP contribution in [0.5, 0.6) is 0 Å². The Bertz CT molecular complexity index is 639. The van der Waals surface area contributed by atoms with Crippen LogP contribution < -0.4 is 11.1 Å². The maximum Gasteiger partial charge on any atom is 0.224 e. The molecule has 0 fully saturated rings. The number of hydrogen-bond donors (Lipinski definition) is 3. The number of aromatic nitrogens is 3. The van der Waals surface area contributed by atoms with Gasteiger partial charge in [0.05, 0.1) is 5.69 Å². The van der Waals surface area contributed by atoms with Crippen molar-refractivity contribution in [2.45, 2.75) is 45.6 Å². The third-order valence-corrected chi connectivity index (χ3v) is 3.32. The molecule has 1 aromatic carbocycles. The molecule has 1 amide bonds. The maximum absolute atomic E-state index is 12.0. The topological polar surface area (TPSA) is 96.7 Å². The minimum atomic E-state index is -0.0515. The Hall–Kier alpha value is -1.92. The zero-order valence-corrected chi connectivity index (χ0v) is 14.5. The van der Waals surface area contributed by atoms with Crippen LogP contribution in [0, 0.1) is 0 Å². The second-order valence-electron chi connectivity index (χ2n) is 5.81. The number of rotatable bonds is 6. The Labute approximate surface area is 142 Å². The summed E-state index contributed by atoms with van der Waals surface area (Å²) in [4.78, 5) is 16.5. The highest BCUT2D eigenvalue weighted by Gasteiger charge is 2.13. The van der Waals surface area contributed by atoms with Crippen molar-refractivity contribution < 1.29 is 4.79 Å². The number of nitrogens with one attached hydrogen (secondary N) is 2. The van der Waals surface area contributed by atoms with Crippen LogP contribution in [-0.2, 0) is 4.79 Å². The minimum Gasteiger partial charge on any atom is -0.328 e.